The van der Waals surface area contributed by atoms with Gasteiger partial charge in [-0.1, -0.05) is 12.1 Å². The number of hydrogen-bond acceptors (Lipinski definition) is 6. The Labute approximate surface area is 122 Å². The predicted octanol–water partition coefficient (Wildman–Crippen LogP) is 2.71. The van der Waals surface area contributed by atoms with Gasteiger partial charge in [-0.2, -0.15) is 10.2 Å². The molecule has 3 rings (SSSR count). The van der Waals surface area contributed by atoms with Gasteiger partial charge in [-0.3, -0.25) is 0 Å². The number of aromatic nitrogens is 1. The van der Waals surface area contributed by atoms with Crippen LogP contribution in [0.4, 0.5) is 5.88 Å². The lowest BCUT2D eigenvalue weighted by molar-refractivity contribution is 0.251. The summed E-state index contributed by atoms with van der Waals surface area (Å²) in [6, 6.07) is 9.75. The number of oxazole rings is 1. The zero-order valence-electron chi connectivity index (χ0n) is 11.6. The molecule has 1 fully saturated rings. The molecule has 2 aromatic rings. The van der Waals surface area contributed by atoms with Gasteiger partial charge in [0.1, 0.15) is 6.07 Å². The van der Waals surface area contributed by atoms with Crippen LogP contribution in [-0.4, -0.2) is 18.1 Å². The lowest BCUT2D eigenvalue weighted by atomic mass is 10.3. The Balaban J connectivity index is 1.70. The number of rotatable bonds is 6. The third-order valence-electron chi connectivity index (χ3n) is 3.11. The van der Waals surface area contributed by atoms with E-state index in [1.54, 1.807) is 13.2 Å². The van der Waals surface area contributed by atoms with E-state index in [9.17, 15) is 0 Å². The number of nitrogens with one attached hydrogen (secondary N) is 1. The summed E-state index contributed by atoms with van der Waals surface area (Å²) in [5, 5.41) is 12.2. The Morgan fingerprint density at radius 1 is 1.38 bits per heavy atom. The summed E-state index contributed by atoms with van der Waals surface area (Å²) in [6.07, 6.45) is 2.19. The summed E-state index contributed by atoms with van der Waals surface area (Å²) in [4.78, 5) is 4.12. The molecule has 0 unspecified atom stereocenters. The van der Waals surface area contributed by atoms with Gasteiger partial charge < -0.3 is 19.2 Å². The van der Waals surface area contributed by atoms with Crippen molar-refractivity contribution < 1.29 is 13.9 Å². The number of methoxy groups -OCH3 is 1. The first-order valence-corrected chi connectivity index (χ1v) is 6.72. The maximum Gasteiger partial charge on any atom is 0.236 e. The first kappa shape index (κ1) is 13.3. The molecular formula is C15H15N3O3. The largest absolute Gasteiger partial charge is 0.493 e. The molecule has 0 radical (unpaired) electrons. The van der Waals surface area contributed by atoms with Crippen molar-refractivity contribution in [2.45, 2.75) is 25.5 Å². The van der Waals surface area contributed by atoms with E-state index in [0.717, 1.165) is 12.8 Å². The first-order chi connectivity index (χ1) is 10.3. The number of nitrogens with zero attached hydrogens (tertiary/aromatic N) is 2. The van der Waals surface area contributed by atoms with Crippen LogP contribution >= 0.6 is 0 Å². The summed E-state index contributed by atoms with van der Waals surface area (Å²) in [7, 11) is 1.58. The minimum Gasteiger partial charge on any atom is -0.493 e. The number of anilines is 1. The molecule has 0 atom stereocenters. The molecule has 6 nitrogen and oxygen atoms in total. The van der Waals surface area contributed by atoms with Gasteiger partial charge in [-0.05, 0) is 25.0 Å². The fourth-order valence-electron chi connectivity index (χ4n) is 1.89. The van der Waals surface area contributed by atoms with Crippen molar-refractivity contribution in [3.8, 4) is 17.6 Å². The minimum absolute atomic E-state index is 0.140. The summed E-state index contributed by atoms with van der Waals surface area (Å²) >= 11 is 0. The highest BCUT2D eigenvalue weighted by Gasteiger charge is 2.25. The Morgan fingerprint density at radius 3 is 2.81 bits per heavy atom. The average molecular weight is 285 g/mol. The molecule has 1 aromatic heterocycles. The second-order valence-corrected chi connectivity index (χ2v) is 4.76. The van der Waals surface area contributed by atoms with Gasteiger partial charge in [0.15, 0.2) is 18.1 Å². The topological polar surface area (TPSA) is 80.3 Å². The fourth-order valence-corrected chi connectivity index (χ4v) is 1.89. The van der Waals surface area contributed by atoms with Crippen LogP contribution < -0.4 is 14.8 Å². The van der Waals surface area contributed by atoms with Gasteiger partial charge in [0.2, 0.25) is 17.5 Å². The van der Waals surface area contributed by atoms with Crippen LogP contribution in [0.25, 0.3) is 0 Å². The molecule has 0 aliphatic heterocycles. The standard InChI is InChI=1S/C15H15N3O3/c1-19-12-4-2-3-5-13(12)20-9-14-18-11(8-16)15(21-14)17-10-6-7-10/h2-5,10,17H,6-7,9H2,1H3. The third kappa shape index (κ3) is 3.08. The molecule has 0 spiro atoms. The van der Waals surface area contributed by atoms with Crippen molar-refractivity contribution >= 4 is 5.88 Å². The van der Waals surface area contributed by atoms with Crippen molar-refractivity contribution in [2.24, 2.45) is 0 Å². The molecule has 1 aliphatic carbocycles. The van der Waals surface area contributed by atoms with E-state index in [1.165, 1.54) is 0 Å². The second kappa shape index (κ2) is 5.75. The molecular weight excluding hydrogens is 270 g/mol. The summed E-state index contributed by atoms with van der Waals surface area (Å²) < 4.78 is 16.4. The molecule has 1 N–H and O–H groups in total. The highest BCUT2D eigenvalue weighted by Crippen LogP contribution is 2.29. The maximum atomic E-state index is 9.06. The molecule has 0 bridgehead atoms. The van der Waals surface area contributed by atoms with E-state index in [-0.39, 0.29) is 12.3 Å². The normalized spacial score (nSPS) is 13.5. The van der Waals surface area contributed by atoms with Crippen molar-refractivity contribution in [1.29, 1.82) is 5.26 Å². The molecule has 1 heterocycles. The smallest absolute Gasteiger partial charge is 0.236 e. The third-order valence-corrected chi connectivity index (χ3v) is 3.11. The first-order valence-electron chi connectivity index (χ1n) is 6.72. The van der Waals surface area contributed by atoms with E-state index < -0.39 is 0 Å². The highest BCUT2D eigenvalue weighted by atomic mass is 16.5. The zero-order valence-corrected chi connectivity index (χ0v) is 11.6. The van der Waals surface area contributed by atoms with Crippen LogP contribution in [0, 0.1) is 11.3 Å². The quantitative estimate of drug-likeness (QED) is 0.879. The predicted molar refractivity (Wildman–Crippen MR) is 75.2 cm³/mol. The Kier molecular flexibility index (Phi) is 3.65. The number of benzene rings is 1. The van der Waals surface area contributed by atoms with E-state index in [4.69, 9.17) is 19.2 Å². The molecule has 1 aliphatic rings. The number of nitriles is 1. The molecule has 108 valence electrons. The van der Waals surface area contributed by atoms with Crippen molar-refractivity contribution in [2.75, 3.05) is 12.4 Å². The van der Waals surface area contributed by atoms with Crippen LogP contribution in [-0.2, 0) is 6.61 Å². The number of ether oxygens (including phenoxy) is 2. The summed E-state index contributed by atoms with van der Waals surface area (Å²) in [5.41, 5.74) is 0.264. The lowest BCUT2D eigenvalue weighted by Gasteiger charge is -2.08. The molecule has 0 saturated heterocycles. The SMILES string of the molecule is COc1ccccc1OCc1nc(C#N)c(NC2CC2)o1. The molecule has 6 heteroatoms. The Morgan fingerprint density at radius 2 is 2.14 bits per heavy atom. The Bertz CT molecular complexity index is 671. The molecule has 1 aromatic carbocycles. The van der Waals surface area contributed by atoms with Crippen LogP contribution in [0.2, 0.25) is 0 Å². The van der Waals surface area contributed by atoms with Crippen molar-refractivity contribution in [3.63, 3.8) is 0 Å². The average Bonchev–Trinajstić information content (AvgIpc) is 3.24. The Hall–Kier alpha value is -2.68. The van der Waals surface area contributed by atoms with E-state index >= 15 is 0 Å². The van der Waals surface area contributed by atoms with E-state index in [0.29, 0.717) is 29.3 Å². The van der Waals surface area contributed by atoms with Gasteiger partial charge in [-0.15, -0.1) is 0 Å². The number of para-hydroxylation sites is 2. The summed E-state index contributed by atoms with van der Waals surface area (Å²) in [6.45, 7) is 0.140. The van der Waals surface area contributed by atoms with Crippen LogP contribution in [0.1, 0.15) is 24.4 Å². The fraction of sp³-hybridized carbons (Fsp3) is 0.333. The van der Waals surface area contributed by atoms with Gasteiger partial charge in [0, 0.05) is 6.04 Å². The van der Waals surface area contributed by atoms with Crippen molar-refractivity contribution in [3.05, 3.63) is 35.9 Å². The maximum absolute atomic E-state index is 9.06. The van der Waals surface area contributed by atoms with Gasteiger partial charge in [0.05, 0.1) is 7.11 Å². The monoisotopic (exact) mass is 285 g/mol. The van der Waals surface area contributed by atoms with E-state index in [2.05, 4.69) is 10.3 Å². The van der Waals surface area contributed by atoms with Crippen molar-refractivity contribution in [1.82, 2.24) is 4.98 Å². The lowest BCUT2D eigenvalue weighted by Crippen LogP contribution is -2.00. The van der Waals surface area contributed by atoms with E-state index in [1.807, 2.05) is 24.3 Å². The van der Waals surface area contributed by atoms with Gasteiger partial charge >= 0.3 is 0 Å². The molecule has 21 heavy (non-hydrogen) atoms. The summed E-state index contributed by atoms with van der Waals surface area (Å²) in [5.74, 6) is 2.04. The van der Waals surface area contributed by atoms with Crippen LogP contribution in [0.3, 0.4) is 0 Å². The second-order valence-electron chi connectivity index (χ2n) is 4.76. The molecule has 0 amide bonds. The molecule has 1 saturated carbocycles. The van der Waals surface area contributed by atoms with Crippen LogP contribution in [0.15, 0.2) is 28.7 Å². The minimum atomic E-state index is 0.140. The van der Waals surface area contributed by atoms with Crippen LogP contribution in [0.5, 0.6) is 11.5 Å². The zero-order chi connectivity index (χ0) is 14.7. The van der Waals surface area contributed by atoms with Gasteiger partial charge in [0.25, 0.3) is 0 Å². The highest BCUT2D eigenvalue weighted by molar-refractivity contribution is 5.47. The van der Waals surface area contributed by atoms with Gasteiger partial charge in [-0.25, -0.2) is 0 Å². The number of hydrogen-bond donors (Lipinski definition) is 1.